The molecular formula is C25H26FN5O4. The number of aromatic nitrogens is 2. The van der Waals surface area contributed by atoms with Crippen molar-refractivity contribution in [3.63, 3.8) is 0 Å². The van der Waals surface area contributed by atoms with Crippen LogP contribution < -0.4 is 20.1 Å². The number of morpholine rings is 1. The summed E-state index contributed by atoms with van der Waals surface area (Å²) in [6.07, 6.45) is 2.26. The molecule has 0 saturated carbocycles. The van der Waals surface area contributed by atoms with Crippen molar-refractivity contribution in [2.24, 2.45) is 0 Å². The van der Waals surface area contributed by atoms with Gasteiger partial charge in [0.1, 0.15) is 17.2 Å². The van der Waals surface area contributed by atoms with Crippen LogP contribution >= 0.6 is 0 Å². The molecule has 0 radical (unpaired) electrons. The number of rotatable bonds is 8. The van der Waals surface area contributed by atoms with Crippen molar-refractivity contribution in [1.29, 1.82) is 0 Å². The molecule has 9 nitrogen and oxygen atoms in total. The van der Waals surface area contributed by atoms with Crippen LogP contribution in [0.25, 0.3) is 11.4 Å². The first-order chi connectivity index (χ1) is 17.2. The second kappa shape index (κ2) is 10.7. The van der Waals surface area contributed by atoms with E-state index >= 15 is 0 Å². The monoisotopic (exact) mass is 479 g/mol. The Morgan fingerprint density at radius 3 is 2.77 bits per heavy atom. The summed E-state index contributed by atoms with van der Waals surface area (Å²) in [5.41, 5.74) is 1.12. The first kappa shape index (κ1) is 23.0. The van der Waals surface area contributed by atoms with E-state index in [1.165, 1.54) is 12.3 Å². The predicted octanol–water partition coefficient (Wildman–Crippen LogP) is 3.21. The highest BCUT2D eigenvalue weighted by atomic mass is 19.1. The molecule has 1 fully saturated rings. The van der Waals surface area contributed by atoms with Crippen molar-refractivity contribution in [3.05, 3.63) is 60.0 Å². The molecule has 2 N–H and O–H groups in total. The van der Waals surface area contributed by atoms with Crippen molar-refractivity contribution in [2.45, 2.75) is 6.42 Å². The number of carbonyl (C=O) groups is 1. The van der Waals surface area contributed by atoms with Gasteiger partial charge in [0, 0.05) is 31.4 Å². The SMILES string of the molecule is O=C(NCCCN1CCOCC1)c1cnc(-c2ccc3c(c2)OCO3)nc1Nc1ccccc1F. The van der Waals surface area contributed by atoms with E-state index in [1.807, 2.05) is 0 Å². The van der Waals surface area contributed by atoms with Crippen molar-refractivity contribution in [3.8, 4) is 22.9 Å². The van der Waals surface area contributed by atoms with Crippen LogP contribution in [0.5, 0.6) is 11.5 Å². The number of anilines is 2. The second-order valence-corrected chi connectivity index (χ2v) is 8.19. The van der Waals surface area contributed by atoms with Gasteiger partial charge < -0.3 is 24.8 Å². The molecule has 0 spiro atoms. The van der Waals surface area contributed by atoms with Crippen molar-refractivity contribution < 1.29 is 23.4 Å². The summed E-state index contributed by atoms with van der Waals surface area (Å²) in [4.78, 5) is 24.3. The molecule has 0 unspecified atom stereocenters. The molecule has 2 aliphatic heterocycles. The smallest absolute Gasteiger partial charge is 0.256 e. The molecule has 2 aliphatic rings. The van der Waals surface area contributed by atoms with Crippen LogP contribution in [0.15, 0.2) is 48.7 Å². The van der Waals surface area contributed by atoms with E-state index < -0.39 is 5.82 Å². The van der Waals surface area contributed by atoms with E-state index in [2.05, 4.69) is 25.5 Å². The molecule has 35 heavy (non-hydrogen) atoms. The summed E-state index contributed by atoms with van der Waals surface area (Å²) in [5, 5.41) is 5.89. The van der Waals surface area contributed by atoms with Crippen LogP contribution in [0, 0.1) is 5.82 Å². The number of benzene rings is 2. The zero-order valence-electron chi connectivity index (χ0n) is 19.1. The summed E-state index contributed by atoms with van der Waals surface area (Å²) in [6.45, 7) is 4.82. The highest BCUT2D eigenvalue weighted by molar-refractivity contribution is 5.99. The summed E-state index contributed by atoms with van der Waals surface area (Å²) in [5.74, 6) is 1.04. The third kappa shape index (κ3) is 5.50. The van der Waals surface area contributed by atoms with Crippen LogP contribution in [0.4, 0.5) is 15.9 Å². The van der Waals surface area contributed by atoms with Gasteiger partial charge in [-0.1, -0.05) is 12.1 Å². The highest BCUT2D eigenvalue weighted by Gasteiger charge is 2.19. The van der Waals surface area contributed by atoms with Gasteiger partial charge in [0.05, 0.1) is 18.9 Å². The van der Waals surface area contributed by atoms with Crippen molar-refractivity contribution in [1.82, 2.24) is 20.2 Å². The molecule has 10 heteroatoms. The standard InChI is InChI=1S/C25H26FN5O4/c26-19-4-1-2-5-20(19)29-24-18(25(32)27-8-3-9-31-10-12-33-13-11-31)15-28-23(30-24)17-6-7-21-22(14-17)35-16-34-21/h1-2,4-7,14-15H,3,8-13,16H2,(H,27,32)(H,28,29,30). The number of hydrogen-bond acceptors (Lipinski definition) is 8. The van der Waals surface area contributed by atoms with Gasteiger partial charge in [-0.15, -0.1) is 0 Å². The molecule has 3 aromatic rings. The van der Waals surface area contributed by atoms with Gasteiger partial charge in [0.15, 0.2) is 17.3 Å². The lowest BCUT2D eigenvalue weighted by atomic mass is 10.1. The Hall–Kier alpha value is -3.76. The first-order valence-electron chi connectivity index (χ1n) is 11.5. The molecule has 1 aromatic heterocycles. The maximum absolute atomic E-state index is 14.4. The number of hydrogen-bond donors (Lipinski definition) is 2. The average Bonchev–Trinajstić information content (AvgIpc) is 3.36. The lowest BCUT2D eigenvalue weighted by Gasteiger charge is -2.26. The van der Waals surface area contributed by atoms with E-state index in [0.717, 1.165) is 39.3 Å². The number of para-hydroxylation sites is 1. The van der Waals surface area contributed by atoms with Gasteiger partial charge in [-0.25, -0.2) is 14.4 Å². The fourth-order valence-electron chi connectivity index (χ4n) is 3.93. The van der Waals surface area contributed by atoms with Crippen LogP contribution in [-0.2, 0) is 4.74 Å². The fourth-order valence-corrected chi connectivity index (χ4v) is 3.93. The Morgan fingerprint density at radius 1 is 1.09 bits per heavy atom. The Bertz CT molecular complexity index is 1200. The Labute approximate surface area is 202 Å². The molecule has 1 amide bonds. The third-order valence-electron chi connectivity index (χ3n) is 5.83. The van der Waals surface area contributed by atoms with E-state index in [4.69, 9.17) is 14.2 Å². The number of nitrogens with one attached hydrogen (secondary N) is 2. The summed E-state index contributed by atoms with van der Waals surface area (Å²) in [6, 6.07) is 11.6. The molecule has 1 saturated heterocycles. The maximum Gasteiger partial charge on any atom is 0.256 e. The lowest BCUT2D eigenvalue weighted by Crippen LogP contribution is -2.38. The maximum atomic E-state index is 14.4. The van der Waals surface area contributed by atoms with E-state index in [9.17, 15) is 9.18 Å². The molecule has 0 aliphatic carbocycles. The van der Waals surface area contributed by atoms with Crippen LogP contribution in [0.1, 0.15) is 16.8 Å². The van der Waals surface area contributed by atoms with E-state index in [1.54, 1.807) is 36.4 Å². The number of halogens is 1. The van der Waals surface area contributed by atoms with Crippen LogP contribution in [-0.4, -0.2) is 67.0 Å². The molecule has 3 heterocycles. The number of amides is 1. The average molecular weight is 480 g/mol. The van der Waals surface area contributed by atoms with Gasteiger partial charge in [-0.3, -0.25) is 9.69 Å². The van der Waals surface area contributed by atoms with E-state index in [0.29, 0.717) is 29.4 Å². The normalized spacial score (nSPS) is 15.1. The van der Waals surface area contributed by atoms with Gasteiger partial charge >= 0.3 is 0 Å². The zero-order chi connectivity index (χ0) is 24.0. The van der Waals surface area contributed by atoms with Crippen LogP contribution in [0.3, 0.4) is 0 Å². The quantitative estimate of drug-likeness (QED) is 0.476. The summed E-state index contributed by atoms with van der Waals surface area (Å²) < 4.78 is 30.5. The Kier molecular flexibility index (Phi) is 7.01. The molecule has 0 atom stereocenters. The zero-order valence-corrected chi connectivity index (χ0v) is 19.1. The van der Waals surface area contributed by atoms with E-state index in [-0.39, 0.29) is 29.8 Å². The highest BCUT2D eigenvalue weighted by Crippen LogP contribution is 2.35. The minimum atomic E-state index is -0.451. The summed E-state index contributed by atoms with van der Waals surface area (Å²) in [7, 11) is 0. The van der Waals surface area contributed by atoms with Crippen molar-refractivity contribution >= 4 is 17.4 Å². The second-order valence-electron chi connectivity index (χ2n) is 8.19. The van der Waals surface area contributed by atoms with Crippen LogP contribution in [0.2, 0.25) is 0 Å². The Morgan fingerprint density at radius 2 is 1.91 bits per heavy atom. The molecule has 182 valence electrons. The number of carbonyl (C=O) groups excluding carboxylic acids is 1. The minimum Gasteiger partial charge on any atom is -0.454 e. The fraction of sp³-hybridized carbons (Fsp3) is 0.320. The number of nitrogens with zero attached hydrogens (tertiary/aromatic N) is 3. The minimum absolute atomic E-state index is 0.157. The number of ether oxygens (including phenoxy) is 3. The van der Waals surface area contributed by atoms with Gasteiger partial charge in [0.2, 0.25) is 6.79 Å². The van der Waals surface area contributed by atoms with Gasteiger partial charge in [-0.05, 0) is 43.3 Å². The molecular weight excluding hydrogens is 453 g/mol. The lowest BCUT2D eigenvalue weighted by molar-refractivity contribution is 0.0374. The van der Waals surface area contributed by atoms with Crippen molar-refractivity contribution in [2.75, 3.05) is 51.5 Å². The Balaban J connectivity index is 1.34. The molecule has 2 aromatic carbocycles. The topological polar surface area (TPSA) is 97.8 Å². The summed E-state index contributed by atoms with van der Waals surface area (Å²) >= 11 is 0. The molecule has 0 bridgehead atoms. The third-order valence-corrected chi connectivity index (χ3v) is 5.83. The van der Waals surface area contributed by atoms with Gasteiger partial charge in [-0.2, -0.15) is 0 Å². The first-order valence-corrected chi connectivity index (χ1v) is 11.5. The predicted molar refractivity (Wildman–Crippen MR) is 127 cm³/mol. The van der Waals surface area contributed by atoms with Gasteiger partial charge in [0.25, 0.3) is 5.91 Å². The molecule has 5 rings (SSSR count). The number of fused-ring (bicyclic) bond motifs is 1. The largest absolute Gasteiger partial charge is 0.454 e.